The summed E-state index contributed by atoms with van der Waals surface area (Å²) in [5.74, 6) is -0.412. The van der Waals surface area contributed by atoms with Gasteiger partial charge in [-0.05, 0) is 48.9 Å². The van der Waals surface area contributed by atoms with Gasteiger partial charge >= 0.3 is 0 Å². The number of hydrogen-bond acceptors (Lipinski definition) is 3. The van der Waals surface area contributed by atoms with Crippen LogP contribution >= 0.6 is 11.8 Å². The number of benzene rings is 2. The number of carbonyl (C=O) groups excluding carboxylic acids is 2. The number of carbonyl (C=O) groups is 2. The minimum atomic E-state index is -0.302. The Balaban J connectivity index is 1.97. The van der Waals surface area contributed by atoms with Crippen LogP contribution in [-0.2, 0) is 9.59 Å². The second kappa shape index (κ2) is 7.78. The quantitative estimate of drug-likeness (QED) is 0.818. The summed E-state index contributed by atoms with van der Waals surface area (Å²) in [7, 11) is 0. The van der Waals surface area contributed by atoms with E-state index in [0.29, 0.717) is 11.4 Å². The molecule has 0 saturated heterocycles. The molecule has 120 valence electrons. The van der Waals surface area contributed by atoms with E-state index in [4.69, 9.17) is 0 Å². The van der Waals surface area contributed by atoms with Crippen LogP contribution in [0, 0.1) is 12.7 Å². The number of amides is 2. The highest BCUT2D eigenvalue weighted by Crippen LogP contribution is 2.24. The second-order valence-corrected chi connectivity index (χ2v) is 6.00. The van der Waals surface area contributed by atoms with Crippen LogP contribution in [0.3, 0.4) is 0 Å². The summed E-state index contributed by atoms with van der Waals surface area (Å²) in [6.07, 6.45) is 0. The average Bonchev–Trinajstić information content (AvgIpc) is 2.50. The number of hydrogen-bond donors (Lipinski definition) is 2. The molecule has 0 fully saturated rings. The maximum Gasteiger partial charge on any atom is 0.234 e. The lowest BCUT2D eigenvalue weighted by atomic mass is 10.1. The van der Waals surface area contributed by atoms with Crippen LogP contribution in [0.15, 0.2) is 47.4 Å². The third-order valence-electron chi connectivity index (χ3n) is 3.10. The van der Waals surface area contributed by atoms with E-state index >= 15 is 0 Å². The molecule has 0 unspecified atom stereocenters. The third kappa shape index (κ3) is 5.10. The zero-order chi connectivity index (χ0) is 16.8. The van der Waals surface area contributed by atoms with Crippen molar-refractivity contribution < 1.29 is 14.0 Å². The van der Waals surface area contributed by atoms with E-state index in [2.05, 4.69) is 10.6 Å². The van der Waals surface area contributed by atoms with Gasteiger partial charge in [0.2, 0.25) is 11.8 Å². The largest absolute Gasteiger partial charge is 0.326 e. The van der Waals surface area contributed by atoms with Gasteiger partial charge in [0.15, 0.2) is 0 Å². The number of anilines is 2. The van der Waals surface area contributed by atoms with Gasteiger partial charge in [-0.15, -0.1) is 11.8 Å². The van der Waals surface area contributed by atoms with Crippen LogP contribution < -0.4 is 10.6 Å². The van der Waals surface area contributed by atoms with E-state index in [0.717, 1.165) is 10.5 Å². The number of thioether (sulfide) groups is 1. The molecule has 0 aromatic heterocycles. The molecule has 0 radical (unpaired) electrons. The Morgan fingerprint density at radius 3 is 2.26 bits per heavy atom. The molecule has 6 heteroatoms. The van der Waals surface area contributed by atoms with E-state index in [9.17, 15) is 14.0 Å². The zero-order valence-electron chi connectivity index (χ0n) is 12.9. The number of halogens is 1. The maximum atomic E-state index is 12.8. The fraction of sp³-hybridized carbons (Fsp3) is 0.176. The molecule has 2 rings (SSSR count). The molecule has 0 bridgehead atoms. The fourth-order valence-electron chi connectivity index (χ4n) is 1.96. The first-order valence-electron chi connectivity index (χ1n) is 7.01. The maximum absolute atomic E-state index is 12.8. The molecule has 0 aliphatic heterocycles. The normalized spacial score (nSPS) is 10.2. The van der Waals surface area contributed by atoms with Gasteiger partial charge in [0.25, 0.3) is 0 Å². The van der Waals surface area contributed by atoms with Crippen LogP contribution in [0.2, 0.25) is 0 Å². The molecule has 2 aromatic carbocycles. The van der Waals surface area contributed by atoms with Crippen LogP contribution in [0.4, 0.5) is 15.8 Å². The van der Waals surface area contributed by atoms with Gasteiger partial charge in [0, 0.05) is 23.2 Å². The van der Waals surface area contributed by atoms with Crippen molar-refractivity contribution in [2.45, 2.75) is 18.7 Å². The van der Waals surface area contributed by atoms with Crippen molar-refractivity contribution in [2.24, 2.45) is 0 Å². The van der Waals surface area contributed by atoms with Crippen molar-refractivity contribution in [3.63, 3.8) is 0 Å². The Hall–Kier alpha value is -2.34. The van der Waals surface area contributed by atoms with Gasteiger partial charge in [-0.25, -0.2) is 4.39 Å². The second-order valence-electron chi connectivity index (χ2n) is 4.95. The SMILES string of the molecule is CC(=O)Nc1cccc(NC(=O)CSc2ccc(F)cc2)c1C. The van der Waals surface area contributed by atoms with Gasteiger partial charge in [-0.2, -0.15) is 0 Å². The lowest BCUT2D eigenvalue weighted by molar-refractivity contribution is -0.114. The van der Waals surface area contributed by atoms with Crippen molar-refractivity contribution in [2.75, 3.05) is 16.4 Å². The van der Waals surface area contributed by atoms with Gasteiger partial charge < -0.3 is 10.6 Å². The molecule has 23 heavy (non-hydrogen) atoms. The molecule has 2 aromatic rings. The van der Waals surface area contributed by atoms with Crippen molar-refractivity contribution in [1.29, 1.82) is 0 Å². The summed E-state index contributed by atoms with van der Waals surface area (Å²) in [4.78, 5) is 24.0. The predicted molar refractivity (Wildman–Crippen MR) is 91.2 cm³/mol. The van der Waals surface area contributed by atoms with E-state index < -0.39 is 0 Å². The van der Waals surface area contributed by atoms with Crippen LogP contribution in [0.5, 0.6) is 0 Å². The highest BCUT2D eigenvalue weighted by molar-refractivity contribution is 8.00. The number of nitrogens with one attached hydrogen (secondary N) is 2. The molecule has 0 aliphatic carbocycles. The Labute approximate surface area is 138 Å². The number of rotatable bonds is 5. The zero-order valence-corrected chi connectivity index (χ0v) is 13.7. The standard InChI is InChI=1S/C17H17FN2O2S/c1-11-15(19-12(2)21)4-3-5-16(11)20-17(22)10-23-14-8-6-13(18)7-9-14/h3-9H,10H2,1-2H3,(H,19,21)(H,20,22). The summed E-state index contributed by atoms with van der Waals surface area (Å²) < 4.78 is 12.8. The van der Waals surface area contributed by atoms with Crippen molar-refractivity contribution in [1.82, 2.24) is 0 Å². The smallest absolute Gasteiger partial charge is 0.234 e. The van der Waals surface area contributed by atoms with Gasteiger partial charge in [0.1, 0.15) is 5.82 Å². The highest BCUT2D eigenvalue weighted by atomic mass is 32.2. The van der Waals surface area contributed by atoms with Crippen LogP contribution in [0.1, 0.15) is 12.5 Å². The van der Waals surface area contributed by atoms with Gasteiger partial charge in [-0.3, -0.25) is 9.59 Å². The van der Waals surface area contributed by atoms with E-state index in [-0.39, 0.29) is 23.4 Å². The summed E-state index contributed by atoms with van der Waals surface area (Å²) in [6.45, 7) is 3.26. The van der Waals surface area contributed by atoms with Crippen molar-refractivity contribution >= 4 is 35.0 Å². The monoisotopic (exact) mass is 332 g/mol. The minimum absolute atomic E-state index is 0.163. The topological polar surface area (TPSA) is 58.2 Å². The summed E-state index contributed by atoms with van der Waals surface area (Å²) in [6, 6.07) is 11.3. The van der Waals surface area contributed by atoms with Crippen LogP contribution in [-0.4, -0.2) is 17.6 Å². The molecule has 0 atom stereocenters. The Kier molecular flexibility index (Phi) is 5.76. The minimum Gasteiger partial charge on any atom is -0.326 e. The fourth-order valence-corrected chi connectivity index (χ4v) is 2.66. The van der Waals surface area contributed by atoms with E-state index in [1.54, 1.807) is 30.3 Å². The molecular formula is C17H17FN2O2S. The van der Waals surface area contributed by atoms with E-state index in [1.807, 2.05) is 6.92 Å². The predicted octanol–water partition coefficient (Wildman–Crippen LogP) is 3.82. The highest BCUT2D eigenvalue weighted by Gasteiger charge is 2.09. The Morgan fingerprint density at radius 2 is 1.65 bits per heavy atom. The third-order valence-corrected chi connectivity index (χ3v) is 4.11. The molecule has 0 saturated carbocycles. The van der Waals surface area contributed by atoms with Gasteiger partial charge in [-0.1, -0.05) is 6.07 Å². The first-order chi connectivity index (χ1) is 11.0. The van der Waals surface area contributed by atoms with Gasteiger partial charge in [0.05, 0.1) is 5.75 Å². The molecular weight excluding hydrogens is 315 g/mol. The van der Waals surface area contributed by atoms with Crippen molar-refractivity contribution in [3.05, 3.63) is 53.8 Å². The average molecular weight is 332 g/mol. The first-order valence-corrected chi connectivity index (χ1v) is 7.99. The summed E-state index contributed by atoms with van der Waals surface area (Å²) in [5.41, 5.74) is 2.12. The van der Waals surface area contributed by atoms with Crippen molar-refractivity contribution in [3.8, 4) is 0 Å². The Bertz CT molecular complexity index is 717. The lowest BCUT2D eigenvalue weighted by Crippen LogP contribution is -2.16. The molecule has 2 N–H and O–H groups in total. The summed E-state index contributed by atoms with van der Waals surface area (Å²) >= 11 is 1.33. The van der Waals surface area contributed by atoms with E-state index in [1.165, 1.54) is 30.8 Å². The molecule has 0 heterocycles. The summed E-state index contributed by atoms with van der Waals surface area (Å²) in [5, 5.41) is 5.54. The lowest BCUT2D eigenvalue weighted by Gasteiger charge is -2.12. The molecule has 0 aliphatic rings. The molecule has 4 nitrogen and oxygen atoms in total. The molecule has 0 spiro atoms. The van der Waals surface area contributed by atoms with Crippen LogP contribution in [0.25, 0.3) is 0 Å². The molecule has 2 amide bonds. The first kappa shape index (κ1) is 17.0. The Morgan fingerprint density at radius 1 is 1.04 bits per heavy atom.